The van der Waals surface area contributed by atoms with Gasteiger partial charge < -0.3 is 19.9 Å². The van der Waals surface area contributed by atoms with Gasteiger partial charge in [-0.05, 0) is 19.3 Å². The van der Waals surface area contributed by atoms with E-state index in [9.17, 15) is 0 Å². The van der Waals surface area contributed by atoms with Crippen LogP contribution in [0.2, 0.25) is 0 Å². The van der Waals surface area contributed by atoms with Gasteiger partial charge in [-0.25, -0.2) is 4.98 Å². The molecule has 1 aliphatic heterocycles. The lowest BCUT2D eigenvalue weighted by Gasteiger charge is -2.22. The number of fused-ring (bicyclic) bond motifs is 1. The summed E-state index contributed by atoms with van der Waals surface area (Å²) in [6, 6.07) is 0. The molecule has 3 rings (SSSR count). The number of H-pyrrole nitrogens is 1. The summed E-state index contributed by atoms with van der Waals surface area (Å²) in [6.45, 7) is 4.67. The van der Waals surface area contributed by atoms with E-state index >= 15 is 0 Å². The predicted molar refractivity (Wildman–Crippen MR) is 82.7 cm³/mol. The molecule has 114 valence electrons. The second-order valence-corrected chi connectivity index (χ2v) is 5.41. The maximum absolute atomic E-state index is 5.71. The summed E-state index contributed by atoms with van der Waals surface area (Å²) in [5.74, 6) is 1.50. The van der Waals surface area contributed by atoms with Crippen LogP contribution in [0.25, 0.3) is 11.2 Å². The first kappa shape index (κ1) is 14.1. The van der Waals surface area contributed by atoms with E-state index in [2.05, 4.69) is 37.1 Å². The lowest BCUT2D eigenvalue weighted by atomic mass is 10.2. The van der Waals surface area contributed by atoms with Crippen molar-refractivity contribution in [3.63, 3.8) is 0 Å². The minimum Gasteiger partial charge on any atom is -0.376 e. The SMILES string of the molecule is CCCNc1nc(N(C)CC2CCCO2)c2[nH]cnc2n1. The Balaban J connectivity index is 1.85. The van der Waals surface area contributed by atoms with Gasteiger partial charge in [-0.15, -0.1) is 0 Å². The number of likely N-dealkylation sites (N-methyl/N-ethyl adjacent to an activating group) is 1. The van der Waals surface area contributed by atoms with Crippen molar-refractivity contribution in [1.29, 1.82) is 0 Å². The molecule has 0 radical (unpaired) electrons. The summed E-state index contributed by atoms with van der Waals surface area (Å²) in [4.78, 5) is 18.6. The lowest BCUT2D eigenvalue weighted by Crippen LogP contribution is -2.29. The fourth-order valence-electron chi connectivity index (χ4n) is 2.59. The van der Waals surface area contributed by atoms with Crippen molar-refractivity contribution in [3.05, 3.63) is 6.33 Å². The number of rotatable bonds is 6. The number of hydrogen-bond donors (Lipinski definition) is 2. The van der Waals surface area contributed by atoms with Gasteiger partial charge in [-0.2, -0.15) is 9.97 Å². The Labute approximate surface area is 124 Å². The third-order valence-electron chi connectivity index (χ3n) is 3.66. The normalized spacial score (nSPS) is 18.3. The monoisotopic (exact) mass is 290 g/mol. The lowest BCUT2D eigenvalue weighted by molar-refractivity contribution is 0.116. The van der Waals surface area contributed by atoms with Crippen molar-refractivity contribution in [1.82, 2.24) is 19.9 Å². The molecule has 7 nitrogen and oxygen atoms in total. The Kier molecular flexibility index (Phi) is 4.19. The summed E-state index contributed by atoms with van der Waals surface area (Å²) in [7, 11) is 2.04. The van der Waals surface area contributed by atoms with E-state index in [4.69, 9.17) is 4.74 Å². The van der Waals surface area contributed by atoms with Gasteiger partial charge in [0.1, 0.15) is 5.52 Å². The van der Waals surface area contributed by atoms with E-state index in [0.29, 0.717) is 11.6 Å². The highest BCUT2D eigenvalue weighted by Gasteiger charge is 2.20. The molecule has 1 aliphatic rings. The number of imidazole rings is 1. The fraction of sp³-hybridized carbons (Fsp3) is 0.643. The molecule has 0 spiro atoms. The zero-order valence-electron chi connectivity index (χ0n) is 12.6. The minimum absolute atomic E-state index is 0.287. The minimum atomic E-state index is 0.287. The van der Waals surface area contributed by atoms with Crippen LogP contribution < -0.4 is 10.2 Å². The number of aromatic nitrogens is 4. The van der Waals surface area contributed by atoms with Gasteiger partial charge in [-0.3, -0.25) is 0 Å². The van der Waals surface area contributed by atoms with Gasteiger partial charge >= 0.3 is 0 Å². The number of nitrogens with zero attached hydrogens (tertiary/aromatic N) is 4. The van der Waals surface area contributed by atoms with E-state index in [1.54, 1.807) is 6.33 Å². The summed E-state index contributed by atoms with van der Waals surface area (Å²) in [5, 5.41) is 3.23. The first-order chi connectivity index (χ1) is 10.3. The molecular weight excluding hydrogens is 268 g/mol. The van der Waals surface area contributed by atoms with Crippen molar-refractivity contribution in [3.8, 4) is 0 Å². The fourth-order valence-corrected chi connectivity index (χ4v) is 2.59. The second-order valence-electron chi connectivity index (χ2n) is 5.41. The smallest absolute Gasteiger partial charge is 0.226 e. The number of aromatic amines is 1. The first-order valence-electron chi connectivity index (χ1n) is 7.55. The summed E-state index contributed by atoms with van der Waals surface area (Å²) >= 11 is 0. The Morgan fingerprint density at radius 3 is 3.14 bits per heavy atom. The molecule has 0 aliphatic carbocycles. The van der Waals surface area contributed by atoms with Crippen LogP contribution in [0.15, 0.2) is 6.33 Å². The van der Waals surface area contributed by atoms with Crippen molar-refractivity contribution in [2.75, 3.05) is 37.0 Å². The van der Waals surface area contributed by atoms with Crippen LogP contribution in [0.1, 0.15) is 26.2 Å². The maximum Gasteiger partial charge on any atom is 0.226 e. The van der Waals surface area contributed by atoms with Crippen LogP contribution in [-0.2, 0) is 4.74 Å². The highest BCUT2D eigenvalue weighted by Crippen LogP contribution is 2.23. The molecule has 1 atom stereocenters. The molecule has 2 aromatic heterocycles. The molecule has 7 heteroatoms. The summed E-state index contributed by atoms with van der Waals surface area (Å²) in [6.07, 6.45) is 5.23. The van der Waals surface area contributed by atoms with Crippen LogP contribution in [-0.4, -0.2) is 52.8 Å². The van der Waals surface area contributed by atoms with Crippen molar-refractivity contribution in [2.24, 2.45) is 0 Å². The van der Waals surface area contributed by atoms with E-state index in [0.717, 1.165) is 50.3 Å². The summed E-state index contributed by atoms with van der Waals surface area (Å²) in [5.41, 5.74) is 1.57. The van der Waals surface area contributed by atoms with Gasteiger partial charge in [0.2, 0.25) is 5.95 Å². The standard InChI is InChI=1S/C14H22N6O/c1-3-6-15-14-18-12-11(16-9-17-12)13(19-14)20(2)8-10-5-4-7-21-10/h9-10H,3-8H2,1-2H3,(H2,15,16,17,18,19). The quantitative estimate of drug-likeness (QED) is 0.844. The average molecular weight is 290 g/mol. The van der Waals surface area contributed by atoms with Crippen LogP contribution in [0.4, 0.5) is 11.8 Å². The van der Waals surface area contributed by atoms with Crippen molar-refractivity contribution >= 4 is 22.9 Å². The van der Waals surface area contributed by atoms with Crippen molar-refractivity contribution in [2.45, 2.75) is 32.3 Å². The highest BCUT2D eigenvalue weighted by molar-refractivity contribution is 5.84. The molecule has 0 saturated carbocycles. The molecule has 2 aromatic rings. The molecule has 1 saturated heterocycles. The van der Waals surface area contributed by atoms with Gasteiger partial charge in [0.15, 0.2) is 11.5 Å². The number of ether oxygens (including phenoxy) is 1. The predicted octanol–water partition coefficient (Wildman–Crippen LogP) is 1.79. The third-order valence-corrected chi connectivity index (χ3v) is 3.66. The van der Waals surface area contributed by atoms with Gasteiger partial charge in [-0.1, -0.05) is 6.92 Å². The van der Waals surface area contributed by atoms with Crippen LogP contribution in [0, 0.1) is 0 Å². The van der Waals surface area contributed by atoms with Crippen molar-refractivity contribution < 1.29 is 4.74 Å². The molecule has 1 fully saturated rings. The number of anilines is 2. The van der Waals surface area contributed by atoms with Gasteiger partial charge in [0.05, 0.1) is 12.4 Å². The van der Waals surface area contributed by atoms with E-state index in [1.165, 1.54) is 0 Å². The zero-order valence-corrected chi connectivity index (χ0v) is 12.6. The second kappa shape index (κ2) is 6.26. The summed E-state index contributed by atoms with van der Waals surface area (Å²) < 4.78 is 5.71. The molecule has 1 unspecified atom stereocenters. The van der Waals surface area contributed by atoms with E-state index in [1.807, 2.05) is 7.05 Å². The van der Waals surface area contributed by atoms with Crippen LogP contribution >= 0.6 is 0 Å². The molecule has 21 heavy (non-hydrogen) atoms. The Morgan fingerprint density at radius 2 is 2.38 bits per heavy atom. The molecule has 0 aromatic carbocycles. The van der Waals surface area contributed by atoms with Crippen LogP contribution in [0.5, 0.6) is 0 Å². The molecule has 0 amide bonds. The molecule has 2 N–H and O–H groups in total. The highest BCUT2D eigenvalue weighted by atomic mass is 16.5. The molecule has 0 bridgehead atoms. The third kappa shape index (κ3) is 3.07. The molecular formula is C14H22N6O. The Bertz CT molecular complexity index is 592. The number of hydrogen-bond acceptors (Lipinski definition) is 6. The number of nitrogens with one attached hydrogen (secondary N) is 2. The van der Waals surface area contributed by atoms with E-state index in [-0.39, 0.29) is 6.10 Å². The van der Waals surface area contributed by atoms with Gasteiger partial charge in [0.25, 0.3) is 0 Å². The largest absolute Gasteiger partial charge is 0.376 e. The van der Waals surface area contributed by atoms with Gasteiger partial charge in [0, 0.05) is 26.7 Å². The molecule has 3 heterocycles. The van der Waals surface area contributed by atoms with Crippen LogP contribution in [0.3, 0.4) is 0 Å². The average Bonchev–Trinajstić information content (AvgIpc) is 3.14. The van der Waals surface area contributed by atoms with E-state index < -0.39 is 0 Å². The first-order valence-corrected chi connectivity index (χ1v) is 7.55. The Hall–Kier alpha value is -1.89. The zero-order chi connectivity index (χ0) is 14.7. The Morgan fingerprint density at radius 1 is 1.48 bits per heavy atom. The maximum atomic E-state index is 5.71. The topological polar surface area (TPSA) is 79.0 Å².